The van der Waals surface area contributed by atoms with Crippen LogP contribution < -0.4 is 5.73 Å². The van der Waals surface area contributed by atoms with Crippen molar-refractivity contribution in [2.45, 2.75) is 12.8 Å². The third kappa shape index (κ3) is 7.43. The Balaban J connectivity index is 2.08. The standard InChI is InChI=1S/C14H21NO4/c1-17-7-8-18-9-10-19-14(16)6-5-12-3-2-4-13(15)11-12/h2-4,11H,5-10,15H2,1H3. The van der Waals surface area contributed by atoms with E-state index in [0.717, 1.165) is 5.56 Å². The maximum atomic E-state index is 11.5. The number of esters is 1. The quantitative estimate of drug-likeness (QED) is 0.416. The monoisotopic (exact) mass is 267 g/mol. The Kier molecular flexibility index (Phi) is 7.62. The van der Waals surface area contributed by atoms with Crippen molar-refractivity contribution in [2.24, 2.45) is 0 Å². The van der Waals surface area contributed by atoms with Crippen molar-refractivity contribution in [3.8, 4) is 0 Å². The fraction of sp³-hybridized carbons (Fsp3) is 0.500. The lowest BCUT2D eigenvalue weighted by Gasteiger charge is -2.06. The number of rotatable bonds is 9. The van der Waals surface area contributed by atoms with Gasteiger partial charge in [0.2, 0.25) is 0 Å². The molecule has 0 aliphatic carbocycles. The highest BCUT2D eigenvalue weighted by Gasteiger charge is 2.03. The fourth-order valence-electron chi connectivity index (χ4n) is 1.53. The second-order valence-corrected chi connectivity index (χ2v) is 4.07. The minimum Gasteiger partial charge on any atom is -0.463 e. The summed E-state index contributed by atoms with van der Waals surface area (Å²) in [4.78, 5) is 11.5. The number of hydrogen-bond donors (Lipinski definition) is 1. The van der Waals surface area contributed by atoms with E-state index in [4.69, 9.17) is 19.9 Å². The van der Waals surface area contributed by atoms with Gasteiger partial charge in [-0.25, -0.2) is 0 Å². The molecule has 19 heavy (non-hydrogen) atoms. The normalized spacial score (nSPS) is 10.4. The van der Waals surface area contributed by atoms with Crippen LogP contribution in [-0.4, -0.2) is 39.5 Å². The van der Waals surface area contributed by atoms with E-state index in [-0.39, 0.29) is 12.6 Å². The molecule has 0 aliphatic rings. The van der Waals surface area contributed by atoms with Crippen molar-refractivity contribution in [3.63, 3.8) is 0 Å². The number of hydrogen-bond acceptors (Lipinski definition) is 5. The van der Waals surface area contributed by atoms with E-state index in [2.05, 4.69) is 0 Å². The van der Waals surface area contributed by atoms with Gasteiger partial charge in [0.05, 0.1) is 19.8 Å². The van der Waals surface area contributed by atoms with Gasteiger partial charge in [0.1, 0.15) is 6.61 Å². The molecule has 0 unspecified atom stereocenters. The second-order valence-electron chi connectivity index (χ2n) is 4.07. The fourth-order valence-corrected chi connectivity index (χ4v) is 1.53. The summed E-state index contributed by atoms with van der Waals surface area (Å²) in [5, 5.41) is 0. The zero-order valence-electron chi connectivity index (χ0n) is 11.3. The van der Waals surface area contributed by atoms with Crippen LogP contribution in [0.5, 0.6) is 0 Å². The van der Waals surface area contributed by atoms with Crippen LogP contribution in [0.2, 0.25) is 0 Å². The highest BCUT2D eigenvalue weighted by Crippen LogP contribution is 2.09. The highest BCUT2D eigenvalue weighted by atomic mass is 16.6. The molecule has 0 aliphatic heterocycles. The highest BCUT2D eigenvalue weighted by molar-refractivity contribution is 5.69. The van der Waals surface area contributed by atoms with E-state index in [1.165, 1.54) is 0 Å². The lowest BCUT2D eigenvalue weighted by Crippen LogP contribution is -2.12. The average Bonchev–Trinajstić information content (AvgIpc) is 2.40. The SMILES string of the molecule is COCCOCCOC(=O)CCc1cccc(N)c1. The Hall–Kier alpha value is -1.59. The molecule has 0 aromatic heterocycles. The molecule has 0 saturated carbocycles. The molecule has 0 heterocycles. The Morgan fingerprint density at radius 3 is 2.74 bits per heavy atom. The lowest BCUT2D eigenvalue weighted by molar-refractivity contribution is -0.145. The summed E-state index contributed by atoms with van der Waals surface area (Å²) in [7, 11) is 1.61. The molecule has 0 fully saturated rings. The molecular weight excluding hydrogens is 246 g/mol. The first-order valence-corrected chi connectivity index (χ1v) is 6.29. The van der Waals surface area contributed by atoms with E-state index in [1.54, 1.807) is 7.11 Å². The third-order valence-corrected chi connectivity index (χ3v) is 2.49. The number of nitrogens with two attached hydrogens (primary N) is 1. The number of methoxy groups -OCH3 is 1. The van der Waals surface area contributed by atoms with Gasteiger partial charge in [0, 0.05) is 19.2 Å². The van der Waals surface area contributed by atoms with Gasteiger partial charge in [0.25, 0.3) is 0 Å². The predicted molar refractivity (Wildman–Crippen MR) is 72.8 cm³/mol. The van der Waals surface area contributed by atoms with Gasteiger partial charge in [0.15, 0.2) is 0 Å². The van der Waals surface area contributed by atoms with Crippen molar-refractivity contribution in [3.05, 3.63) is 29.8 Å². The van der Waals surface area contributed by atoms with Crippen molar-refractivity contribution >= 4 is 11.7 Å². The van der Waals surface area contributed by atoms with Crippen molar-refractivity contribution < 1.29 is 19.0 Å². The summed E-state index contributed by atoms with van der Waals surface area (Å²) in [6.45, 7) is 1.73. The van der Waals surface area contributed by atoms with Crippen molar-refractivity contribution in [2.75, 3.05) is 39.3 Å². The van der Waals surface area contributed by atoms with Crippen molar-refractivity contribution in [1.29, 1.82) is 0 Å². The van der Waals surface area contributed by atoms with E-state index < -0.39 is 0 Å². The zero-order valence-corrected chi connectivity index (χ0v) is 11.3. The number of carbonyl (C=O) groups is 1. The first kappa shape index (κ1) is 15.5. The van der Waals surface area contributed by atoms with Gasteiger partial charge in [-0.15, -0.1) is 0 Å². The number of anilines is 1. The van der Waals surface area contributed by atoms with Crippen LogP contribution in [0.4, 0.5) is 5.69 Å². The Bertz CT molecular complexity index is 381. The number of carbonyl (C=O) groups excluding carboxylic acids is 1. The minimum absolute atomic E-state index is 0.224. The Labute approximate surface area is 113 Å². The summed E-state index contributed by atoms with van der Waals surface area (Å²) in [5.74, 6) is -0.224. The zero-order chi connectivity index (χ0) is 13.9. The summed E-state index contributed by atoms with van der Waals surface area (Å²) in [5.41, 5.74) is 7.40. The van der Waals surface area contributed by atoms with Crippen molar-refractivity contribution in [1.82, 2.24) is 0 Å². The Morgan fingerprint density at radius 1 is 1.21 bits per heavy atom. The van der Waals surface area contributed by atoms with Gasteiger partial charge in [-0.2, -0.15) is 0 Å². The van der Waals surface area contributed by atoms with E-state index in [9.17, 15) is 4.79 Å². The summed E-state index contributed by atoms with van der Waals surface area (Å²) in [6, 6.07) is 7.50. The molecule has 106 valence electrons. The van der Waals surface area contributed by atoms with Gasteiger partial charge in [-0.3, -0.25) is 4.79 Å². The number of ether oxygens (including phenoxy) is 3. The maximum absolute atomic E-state index is 11.5. The van der Waals surface area contributed by atoms with Gasteiger partial charge in [-0.1, -0.05) is 12.1 Å². The molecule has 2 N–H and O–H groups in total. The number of aryl methyl sites for hydroxylation is 1. The van der Waals surface area contributed by atoms with Crippen LogP contribution in [0.3, 0.4) is 0 Å². The minimum atomic E-state index is -0.224. The van der Waals surface area contributed by atoms with Crippen LogP contribution in [0.15, 0.2) is 24.3 Å². The molecule has 5 heteroatoms. The first-order valence-electron chi connectivity index (χ1n) is 6.29. The molecule has 0 amide bonds. The largest absolute Gasteiger partial charge is 0.463 e. The summed E-state index contributed by atoms with van der Waals surface area (Å²) < 4.78 is 15.0. The molecule has 1 aromatic carbocycles. The second kappa shape index (κ2) is 9.35. The van der Waals surface area contributed by atoms with Gasteiger partial charge in [-0.05, 0) is 24.1 Å². The first-order chi connectivity index (χ1) is 9.22. The molecule has 0 atom stereocenters. The maximum Gasteiger partial charge on any atom is 0.306 e. The molecule has 1 aromatic rings. The molecule has 5 nitrogen and oxygen atoms in total. The van der Waals surface area contributed by atoms with Crippen LogP contribution in [0, 0.1) is 0 Å². The topological polar surface area (TPSA) is 70.8 Å². The summed E-state index contributed by atoms with van der Waals surface area (Å²) >= 11 is 0. The van der Waals surface area contributed by atoms with E-state index in [1.807, 2.05) is 24.3 Å². The molecule has 0 radical (unpaired) electrons. The summed E-state index contributed by atoms with van der Waals surface area (Å²) in [6.07, 6.45) is 0.982. The molecule has 0 bridgehead atoms. The molecule has 1 rings (SSSR count). The van der Waals surface area contributed by atoms with Crippen LogP contribution >= 0.6 is 0 Å². The molecule has 0 spiro atoms. The van der Waals surface area contributed by atoms with Crippen LogP contribution in [-0.2, 0) is 25.4 Å². The lowest BCUT2D eigenvalue weighted by atomic mass is 10.1. The number of benzene rings is 1. The molecular formula is C14H21NO4. The number of nitrogen functional groups attached to an aromatic ring is 1. The predicted octanol–water partition coefficient (Wildman–Crippen LogP) is 1.41. The van der Waals surface area contributed by atoms with E-state index in [0.29, 0.717) is 38.3 Å². The average molecular weight is 267 g/mol. The van der Waals surface area contributed by atoms with Crippen LogP contribution in [0.25, 0.3) is 0 Å². The van der Waals surface area contributed by atoms with Gasteiger partial charge >= 0.3 is 5.97 Å². The van der Waals surface area contributed by atoms with E-state index >= 15 is 0 Å². The Morgan fingerprint density at radius 2 is 2.00 bits per heavy atom. The van der Waals surface area contributed by atoms with Gasteiger partial charge < -0.3 is 19.9 Å². The van der Waals surface area contributed by atoms with Crippen LogP contribution in [0.1, 0.15) is 12.0 Å². The molecule has 0 saturated heterocycles. The smallest absolute Gasteiger partial charge is 0.306 e. The third-order valence-electron chi connectivity index (χ3n) is 2.49.